The number of carbonyl (C=O) groups is 1. The molecule has 0 amide bonds. The number of carboxylic acid groups (broad SMARTS) is 1. The molecule has 1 heterocycles. The van der Waals surface area contributed by atoms with Crippen LogP contribution in [0.1, 0.15) is 18.1 Å². The number of nitrogens with two attached hydrogens (primary N) is 1. The van der Waals surface area contributed by atoms with Crippen LogP contribution in [0.3, 0.4) is 0 Å². The first kappa shape index (κ1) is 15.4. The molecule has 0 saturated carbocycles. The number of thioether (sulfide) groups is 1. The number of hydrogen-bond donors (Lipinski definition) is 5. The van der Waals surface area contributed by atoms with Gasteiger partial charge in [-0.2, -0.15) is 0 Å². The second-order valence-corrected chi connectivity index (χ2v) is 5.24. The molecule has 0 fully saturated rings. The highest BCUT2D eigenvalue weighted by molar-refractivity contribution is 8.26. The zero-order chi connectivity index (χ0) is 15.6. The fraction of sp³-hybridized carbons (Fsp3) is 0.182. The fourth-order valence-corrected chi connectivity index (χ4v) is 2.31. The smallest absolute Gasteiger partial charge is 0.481 e. The molecule has 0 spiro atoms. The Morgan fingerprint density at radius 1 is 1.52 bits per heavy atom. The van der Waals surface area contributed by atoms with Crippen LogP contribution < -0.4 is 15.9 Å². The number of hydrogen-bond acceptors (Lipinski definition) is 7. The molecular weight excluding hydrogens is 297 g/mol. The summed E-state index contributed by atoms with van der Waals surface area (Å²) < 4.78 is 10.3. The molecule has 1 aliphatic rings. The SMILES string of the molecule is N=C(N)SC(=N)Oc1ccc2c(c1)B(O)OC2CC(=O)O. The molecule has 1 unspecified atom stereocenters. The van der Waals surface area contributed by atoms with Crippen molar-refractivity contribution in [2.75, 3.05) is 0 Å². The topological polar surface area (TPSA) is 150 Å². The molecule has 110 valence electrons. The summed E-state index contributed by atoms with van der Waals surface area (Å²) >= 11 is 0.643. The van der Waals surface area contributed by atoms with E-state index in [0.717, 1.165) is 0 Å². The van der Waals surface area contributed by atoms with Gasteiger partial charge in [-0.3, -0.25) is 15.6 Å². The summed E-state index contributed by atoms with van der Waals surface area (Å²) in [7, 11) is -1.23. The number of nitrogens with one attached hydrogen (secondary N) is 2. The lowest BCUT2D eigenvalue weighted by Crippen LogP contribution is -2.28. The maximum absolute atomic E-state index is 10.7. The monoisotopic (exact) mass is 309 g/mol. The number of amidine groups is 1. The minimum absolute atomic E-state index is 0.250. The Bertz CT molecular complexity index is 612. The largest absolute Gasteiger partial charge is 0.492 e. The van der Waals surface area contributed by atoms with Gasteiger partial charge < -0.3 is 25.3 Å². The van der Waals surface area contributed by atoms with E-state index in [1.807, 2.05) is 0 Å². The van der Waals surface area contributed by atoms with Crippen LogP contribution in [0, 0.1) is 10.8 Å². The number of ether oxygens (including phenoxy) is 1. The number of carboxylic acids is 1. The Hall–Kier alpha value is -2.04. The summed E-state index contributed by atoms with van der Waals surface area (Å²) in [5.41, 5.74) is 6.11. The summed E-state index contributed by atoms with van der Waals surface area (Å²) in [6, 6.07) is 4.58. The fourth-order valence-electron chi connectivity index (χ4n) is 1.97. The zero-order valence-corrected chi connectivity index (χ0v) is 11.5. The van der Waals surface area contributed by atoms with Crippen molar-refractivity contribution in [1.29, 1.82) is 10.8 Å². The van der Waals surface area contributed by atoms with E-state index < -0.39 is 19.2 Å². The van der Waals surface area contributed by atoms with Crippen LogP contribution in [0.5, 0.6) is 5.75 Å². The van der Waals surface area contributed by atoms with E-state index >= 15 is 0 Å². The van der Waals surface area contributed by atoms with E-state index in [2.05, 4.69) is 0 Å². The van der Waals surface area contributed by atoms with Crippen molar-refractivity contribution < 1.29 is 24.3 Å². The van der Waals surface area contributed by atoms with Gasteiger partial charge in [0.2, 0.25) is 0 Å². The van der Waals surface area contributed by atoms with Gasteiger partial charge in [0.05, 0.1) is 12.5 Å². The van der Waals surface area contributed by atoms with Crippen LogP contribution in [-0.4, -0.2) is 33.6 Å². The van der Waals surface area contributed by atoms with Crippen LogP contribution in [0.25, 0.3) is 0 Å². The molecule has 1 aromatic carbocycles. The molecular formula is C11H12BN3O5S. The minimum atomic E-state index is -1.23. The van der Waals surface area contributed by atoms with Crippen molar-refractivity contribution in [3.63, 3.8) is 0 Å². The first-order chi connectivity index (χ1) is 9.86. The summed E-state index contributed by atoms with van der Waals surface area (Å²) in [4.78, 5) is 10.7. The van der Waals surface area contributed by atoms with E-state index in [0.29, 0.717) is 22.8 Å². The first-order valence-corrected chi connectivity index (χ1v) is 6.66. The lowest BCUT2D eigenvalue weighted by Gasteiger charge is -2.10. The van der Waals surface area contributed by atoms with Crippen LogP contribution in [0.2, 0.25) is 0 Å². The molecule has 6 N–H and O–H groups in total. The van der Waals surface area contributed by atoms with Crippen molar-refractivity contribution >= 4 is 40.7 Å². The quantitative estimate of drug-likeness (QED) is 0.296. The molecule has 8 nitrogen and oxygen atoms in total. The molecule has 0 aliphatic carbocycles. The Morgan fingerprint density at radius 2 is 2.24 bits per heavy atom. The molecule has 21 heavy (non-hydrogen) atoms. The van der Waals surface area contributed by atoms with Gasteiger partial charge in [0.1, 0.15) is 5.75 Å². The van der Waals surface area contributed by atoms with E-state index in [-0.39, 0.29) is 22.6 Å². The lowest BCUT2D eigenvalue weighted by atomic mass is 9.79. The maximum Gasteiger partial charge on any atom is 0.492 e. The highest BCUT2D eigenvalue weighted by Gasteiger charge is 2.36. The lowest BCUT2D eigenvalue weighted by molar-refractivity contribution is -0.138. The first-order valence-electron chi connectivity index (χ1n) is 5.84. The normalized spacial score (nSPS) is 16.4. The molecule has 1 atom stereocenters. The van der Waals surface area contributed by atoms with Crippen molar-refractivity contribution in [2.24, 2.45) is 5.73 Å². The van der Waals surface area contributed by atoms with Gasteiger partial charge in [0.25, 0.3) is 5.23 Å². The molecule has 0 aromatic heterocycles. The maximum atomic E-state index is 10.7. The van der Waals surface area contributed by atoms with Crippen LogP contribution in [0.15, 0.2) is 18.2 Å². The predicted molar refractivity (Wildman–Crippen MR) is 78.0 cm³/mol. The summed E-state index contributed by atoms with van der Waals surface area (Å²) in [5, 5.41) is 32.6. The molecule has 1 aromatic rings. The molecule has 1 aliphatic heterocycles. The zero-order valence-electron chi connectivity index (χ0n) is 10.7. The standard InChI is InChI=1S/C11H12BN3O5S/c13-10(14)21-11(15)19-5-1-2-6-7(3-5)12(18)20-8(6)4-9(16)17/h1-3,8,15,18H,4H2,(H3,13,14)(H,16,17). The van der Waals surface area contributed by atoms with Crippen LogP contribution >= 0.6 is 11.8 Å². The van der Waals surface area contributed by atoms with Gasteiger partial charge >= 0.3 is 13.1 Å². The Labute approximate surface area is 124 Å². The van der Waals surface area contributed by atoms with Crippen LogP contribution in [0.4, 0.5) is 0 Å². The predicted octanol–water partition coefficient (Wildman–Crippen LogP) is -0.140. The average Bonchev–Trinajstić information content (AvgIpc) is 2.64. The molecule has 0 bridgehead atoms. The second kappa shape index (κ2) is 6.16. The minimum Gasteiger partial charge on any atom is -0.481 e. The average molecular weight is 309 g/mol. The van der Waals surface area contributed by atoms with E-state index in [1.165, 1.54) is 12.1 Å². The third kappa shape index (κ3) is 3.75. The Morgan fingerprint density at radius 3 is 2.86 bits per heavy atom. The molecule has 0 radical (unpaired) electrons. The third-order valence-electron chi connectivity index (χ3n) is 2.74. The molecule has 2 rings (SSSR count). The highest BCUT2D eigenvalue weighted by Crippen LogP contribution is 2.28. The summed E-state index contributed by atoms with van der Waals surface area (Å²) in [6.07, 6.45) is -0.965. The van der Waals surface area contributed by atoms with Crippen molar-refractivity contribution in [1.82, 2.24) is 0 Å². The molecule has 0 saturated heterocycles. The molecule has 10 heteroatoms. The Kier molecular flexibility index (Phi) is 4.51. The van der Waals surface area contributed by atoms with Gasteiger partial charge in [-0.1, -0.05) is 6.07 Å². The number of fused-ring (bicyclic) bond motifs is 1. The second-order valence-electron chi connectivity index (χ2n) is 4.22. The van der Waals surface area contributed by atoms with Gasteiger partial charge in [0.15, 0.2) is 5.17 Å². The van der Waals surface area contributed by atoms with Gasteiger partial charge in [-0.05, 0) is 23.2 Å². The van der Waals surface area contributed by atoms with E-state index in [4.69, 9.17) is 31.0 Å². The van der Waals surface area contributed by atoms with Crippen LogP contribution in [-0.2, 0) is 9.45 Å². The summed E-state index contributed by atoms with van der Waals surface area (Å²) in [6.45, 7) is 0. The van der Waals surface area contributed by atoms with Crippen molar-refractivity contribution in [2.45, 2.75) is 12.5 Å². The third-order valence-corrected chi connectivity index (χ3v) is 3.23. The summed E-state index contributed by atoms with van der Waals surface area (Å²) in [5.74, 6) is -0.758. The van der Waals surface area contributed by atoms with Gasteiger partial charge in [0, 0.05) is 11.8 Å². The Balaban J connectivity index is 2.16. The van der Waals surface area contributed by atoms with Crippen molar-refractivity contribution in [3.05, 3.63) is 23.8 Å². The number of rotatable bonds is 3. The van der Waals surface area contributed by atoms with Gasteiger partial charge in [-0.15, -0.1) is 0 Å². The van der Waals surface area contributed by atoms with E-state index in [1.54, 1.807) is 6.07 Å². The number of aliphatic carboxylic acids is 1. The van der Waals surface area contributed by atoms with Crippen molar-refractivity contribution in [3.8, 4) is 5.75 Å². The highest BCUT2D eigenvalue weighted by atomic mass is 32.2. The van der Waals surface area contributed by atoms with Gasteiger partial charge in [-0.25, -0.2) is 0 Å². The number of benzene rings is 1. The van der Waals surface area contributed by atoms with E-state index in [9.17, 15) is 9.82 Å².